The first kappa shape index (κ1) is 30.1. The van der Waals surface area contributed by atoms with E-state index in [1.54, 1.807) is 37.4 Å². The van der Waals surface area contributed by atoms with Crippen molar-refractivity contribution in [3.8, 4) is 11.3 Å². The topological polar surface area (TPSA) is 116 Å². The number of aromatic nitrogens is 2. The van der Waals surface area contributed by atoms with Crippen LogP contribution in [-0.2, 0) is 16.1 Å². The molecular weight excluding hydrogens is 577 g/mol. The molecule has 1 saturated heterocycles. The molecule has 42 heavy (non-hydrogen) atoms. The largest absolute Gasteiger partial charge is 0.451 e. The molecule has 0 bridgehead atoms. The highest BCUT2D eigenvalue weighted by Gasteiger charge is 2.29. The van der Waals surface area contributed by atoms with Gasteiger partial charge in [-0.15, -0.1) is 0 Å². The van der Waals surface area contributed by atoms with Crippen LogP contribution in [0.3, 0.4) is 0 Å². The van der Waals surface area contributed by atoms with E-state index >= 15 is 0 Å². The Morgan fingerprint density at radius 3 is 2.83 bits per heavy atom. The van der Waals surface area contributed by atoms with Crippen molar-refractivity contribution in [1.82, 2.24) is 19.8 Å². The van der Waals surface area contributed by atoms with Crippen LogP contribution in [0, 0.1) is 0 Å². The minimum atomic E-state index is -0.541. The van der Waals surface area contributed by atoms with Gasteiger partial charge in [-0.25, -0.2) is 4.98 Å². The summed E-state index contributed by atoms with van der Waals surface area (Å²) in [5.74, 6) is 1.28. The van der Waals surface area contributed by atoms with E-state index in [9.17, 15) is 9.59 Å². The minimum Gasteiger partial charge on any atom is -0.451 e. The Bertz CT molecular complexity index is 1550. The van der Waals surface area contributed by atoms with E-state index in [-0.39, 0.29) is 30.6 Å². The van der Waals surface area contributed by atoms with Gasteiger partial charge in [-0.3, -0.25) is 9.59 Å². The minimum absolute atomic E-state index is 0.0267. The van der Waals surface area contributed by atoms with Crippen LogP contribution in [0.2, 0.25) is 10.0 Å². The zero-order chi connectivity index (χ0) is 29.6. The smallest absolute Gasteiger partial charge is 0.287 e. The lowest BCUT2D eigenvalue weighted by Crippen LogP contribution is -2.45. The van der Waals surface area contributed by atoms with Gasteiger partial charge < -0.3 is 29.7 Å². The van der Waals surface area contributed by atoms with Crippen molar-refractivity contribution in [2.24, 2.45) is 5.73 Å². The second kappa shape index (κ2) is 13.7. The number of amides is 2. The van der Waals surface area contributed by atoms with E-state index in [1.165, 1.54) is 0 Å². The molecule has 2 aromatic carbocycles. The van der Waals surface area contributed by atoms with Crippen molar-refractivity contribution in [3.63, 3.8) is 0 Å². The molecule has 2 aromatic heterocycles. The molecule has 2 atom stereocenters. The molecule has 3 heterocycles. The lowest BCUT2D eigenvalue weighted by atomic mass is 9.96. The van der Waals surface area contributed by atoms with E-state index < -0.39 is 11.9 Å². The van der Waals surface area contributed by atoms with Crippen LogP contribution in [0.25, 0.3) is 22.4 Å². The first-order chi connectivity index (χ1) is 20.3. The molecule has 0 radical (unpaired) electrons. The highest BCUT2D eigenvalue weighted by molar-refractivity contribution is 6.36. The maximum absolute atomic E-state index is 13.2. The summed E-state index contributed by atoms with van der Waals surface area (Å²) in [4.78, 5) is 32.8. The van der Waals surface area contributed by atoms with Gasteiger partial charge in [-0.05, 0) is 61.7 Å². The Morgan fingerprint density at radius 1 is 1.19 bits per heavy atom. The molecule has 4 aromatic rings. The van der Waals surface area contributed by atoms with Gasteiger partial charge in [0.25, 0.3) is 5.91 Å². The monoisotopic (exact) mass is 611 g/mol. The van der Waals surface area contributed by atoms with Gasteiger partial charge in [0.1, 0.15) is 11.6 Å². The molecule has 11 heteroatoms. The van der Waals surface area contributed by atoms with Gasteiger partial charge in [0, 0.05) is 68.9 Å². The molecule has 1 aliphatic rings. The Morgan fingerprint density at radius 2 is 2.02 bits per heavy atom. The van der Waals surface area contributed by atoms with E-state index in [2.05, 4.69) is 16.0 Å². The van der Waals surface area contributed by atoms with Gasteiger partial charge in [-0.1, -0.05) is 35.3 Å². The van der Waals surface area contributed by atoms with Crippen LogP contribution in [0.4, 0.5) is 0 Å². The van der Waals surface area contributed by atoms with Gasteiger partial charge in [0.2, 0.25) is 5.91 Å². The molecule has 0 aliphatic carbocycles. The van der Waals surface area contributed by atoms with Gasteiger partial charge >= 0.3 is 0 Å². The Balaban J connectivity index is 1.16. The number of piperidine rings is 1. The first-order valence-electron chi connectivity index (χ1n) is 14.1. The molecule has 9 nitrogen and oxygen atoms in total. The molecule has 1 fully saturated rings. The normalized spacial score (nSPS) is 16.1. The van der Waals surface area contributed by atoms with Crippen LogP contribution in [0.1, 0.15) is 48.0 Å². The van der Waals surface area contributed by atoms with E-state index in [4.69, 9.17) is 43.1 Å². The summed E-state index contributed by atoms with van der Waals surface area (Å²) in [6.07, 6.45) is 2.86. The number of halogens is 2. The summed E-state index contributed by atoms with van der Waals surface area (Å²) in [5, 5.41) is 3.70. The predicted molar refractivity (Wildman–Crippen MR) is 164 cm³/mol. The third-order valence-corrected chi connectivity index (χ3v) is 8.09. The SMILES string of the molecule is COCCCn1c(C2CCCN(C(=O)CC(N)CNC(=O)c3ccc(-c4ccc(Cl)cc4Cl)o3)C2)nc2ccccc21. The Labute approximate surface area is 254 Å². The first-order valence-corrected chi connectivity index (χ1v) is 14.9. The number of nitrogens with one attached hydrogen (secondary N) is 1. The highest BCUT2D eigenvalue weighted by Crippen LogP contribution is 2.32. The number of fused-ring (bicyclic) bond motifs is 1. The number of ether oxygens (including phenoxy) is 1. The number of nitrogens with two attached hydrogens (primary N) is 1. The average molecular weight is 613 g/mol. The third kappa shape index (κ3) is 6.98. The molecule has 5 rings (SSSR count). The number of rotatable bonds is 11. The zero-order valence-electron chi connectivity index (χ0n) is 23.5. The van der Waals surface area contributed by atoms with Crippen molar-refractivity contribution in [3.05, 3.63) is 76.2 Å². The average Bonchev–Trinajstić information content (AvgIpc) is 3.62. The number of aryl methyl sites for hydroxylation is 1. The van der Waals surface area contributed by atoms with Crippen LogP contribution >= 0.6 is 23.2 Å². The number of imidazole rings is 1. The van der Waals surface area contributed by atoms with Crippen LogP contribution in [0.5, 0.6) is 0 Å². The summed E-state index contributed by atoms with van der Waals surface area (Å²) in [6.45, 7) is 2.89. The fourth-order valence-corrected chi connectivity index (χ4v) is 5.95. The van der Waals surface area contributed by atoms with Gasteiger partial charge in [0.05, 0.1) is 16.1 Å². The van der Waals surface area contributed by atoms with Crippen molar-refractivity contribution in [2.45, 2.75) is 44.2 Å². The third-order valence-electron chi connectivity index (χ3n) is 7.54. The number of hydrogen-bond acceptors (Lipinski definition) is 6. The molecule has 2 amide bonds. The predicted octanol–water partition coefficient (Wildman–Crippen LogP) is 5.49. The molecule has 1 aliphatic heterocycles. The van der Waals surface area contributed by atoms with Gasteiger partial charge in [-0.2, -0.15) is 0 Å². The summed E-state index contributed by atoms with van der Waals surface area (Å²) >= 11 is 12.2. The van der Waals surface area contributed by atoms with Gasteiger partial charge in [0.15, 0.2) is 5.76 Å². The second-order valence-corrected chi connectivity index (χ2v) is 11.4. The summed E-state index contributed by atoms with van der Waals surface area (Å²) in [5.41, 5.74) is 8.97. The lowest BCUT2D eigenvalue weighted by molar-refractivity contribution is -0.132. The number of furan rings is 1. The lowest BCUT2D eigenvalue weighted by Gasteiger charge is -2.33. The molecule has 3 N–H and O–H groups in total. The summed E-state index contributed by atoms with van der Waals surface area (Å²) < 4.78 is 13.3. The maximum atomic E-state index is 13.2. The quantitative estimate of drug-likeness (QED) is 0.217. The van der Waals surface area contributed by atoms with E-state index in [0.717, 1.165) is 42.7 Å². The number of carbonyl (C=O) groups is 2. The van der Waals surface area contributed by atoms with Crippen LogP contribution < -0.4 is 11.1 Å². The van der Waals surface area contributed by atoms with Crippen molar-refractivity contribution in [2.75, 3.05) is 33.4 Å². The van der Waals surface area contributed by atoms with E-state index in [0.29, 0.717) is 41.1 Å². The van der Waals surface area contributed by atoms with Crippen LogP contribution in [-0.4, -0.2) is 65.7 Å². The molecule has 0 spiro atoms. The molecule has 0 saturated carbocycles. The fourth-order valence-electron chi connectivity index (χ4n) is 5.45. The van der Waals surface area contributed by atoms with Crippen LogP contribution in [0.15, 0.2) is 59.0 Å². The fraction of sp³-hybridized carbons (Fsp3) is 0.387. The number of benzene rings is 2. The molecule has 2 unspecified atom stereocenters. The zero-order valence-corrected chi connectivity index (χ0v) is 25.0. The van der Waals surface area contributed by atoms with Crippen molar-refractivity contribution >= 4 is 46.0 Å². The number of hydrogen-bond donors (Lipinski definition) is 2. The second-order valence-electron chi connectivity index (χ2n) is 10.6. The summed E-state index contributed by atoms with van der Waals surface area (Å²) in [6, 6.07) is 15.9. The molecular formula is C31H35Cl2N5O4. The molecule has 222 valence electrons. The number of carbonyl (C=O) groups excluding carboxylic acids is 2. The maximum Gasteiger partial charge on any atom is 0.287 e. The number of methoxy groups -OCH3 is 1. The number of nitrogens with zero attached hydrogens (tertiary/aromatic N) is 3. The number of para-hydroxylation sites is 2. The van der Waals surface area contributed by atoms with Crippen molar-refractivity contribution in [1.29, 1.82) is 0 Å². The Hall–Kier alpha value is -3.37. The highest BCUT2D eigenvalue weighted by atomic mass is 35.5. The number of likely N-dealkylation sites (tertiary alicyclic amines) is 1. The van der Waals surface area contributed by atoms with E-state index in [1.807, 2.05) is 23.1 Å². The summed E-state index contributed by atoms with van der Waals surface area (Å²) in [7, 11) is 1.71. The van der Waals surface area contributed by atoms with Crippen molar-refractivity contribution < 1.29 is 18.7 Å². The Kier molecular flexibility index (Phi) is 9.84. The standard InChI is InChI=1S/C31H35Cl2N5O4/c1-41-15-5-14-38-26-8-3-2-7-25(26)36-30(38)20-6-4-13-37(19-20)29(39)17-22(34)18-35-31(40)28-12-11-27(42-28)23-10-9-21(32)16-24(23)33/h2-3,7-12,16,20,22H,4-6,13-15,17-19,34H2,1H3,(H,35,40).